The van der Waals surface area contributed by atoms with Crippen LogP contribution in [0.1, 0.15) is 163 Å². The van der Waals surface area contributed by atoms with Crippen LogP contribution in [-0.4, -0.2) is 47.4 Å². The average molecular weight is 1090 g/mol. The molecular formula is C44H76Br2INO2P5+. The van der Waals surface area contributed by atoms with E-state index in [1.165, 1.54) is 136 Å². The molecule has 2 aromatic rings. The van der Waals surface area contributed by atoms with Crippen molar-refractivity contribution >= 4 is 100 Å². The first-order valence-electron chi connectivity index (χ1n) is 21.9. The summed E-state index contributed by atoms with van der Waals surface area (Å²) in [5.74, 6) is 0. The van der Waals surface area contributed by atoms with Gasteiger partial charge in [0.05, 0.1) is 1.28 Å². The molecule has 3 nitrogen and oxygen atoms in total. The third-order valence-corrected chi connectivity index (χ3v) is 22.0. The summed E-state index contributed by atoms with van der Waals surface area (Å²) >= 11 is 9.36. The molecule has 2 atom stereocenters. The summed E-state index contributed by atoms with van der Waals surface area (Å²) in [6, 6.07) is 17.8. The van der Waals surface area contributed by atoms with Crippen LogP contribution in [0, 0.1) is 3.57 Å². The zero-order chi connectivity index (χ0) is 41.5. The quantitative estimate of drug-likeness (QED) is 0.195. The van der Waals surface area contributed by atoms with Crippen LogP contribution in [0.4, 0.5) is 0 Å². The lowest BCUT2D eigenvalue weighted by Crippen LogP contribution is -2.36. The second kappa shape index (κ2) is 30.7. The van der Waals surface area contributed by atoms with E-state index in [9.17, 15) is 9.13 Å². The largest absolute Gasteiger partial charge is 0.344 e. The topological polar surface area (TPSA) is 37.4 Å². The van der Waals surface area contributed by atoms with Gasteiger partial charge in [0, 0.05) is 41.2 Å². The minimum absolute atomic E-state index is 0.438. The predicted molar refractivity (Wildman–Crippen MR) is 274 cm³/mol. The molecule has 2 unspecified atom stereocenters. The Labute approximate surface area is 378 Å². The van der Waals surface area contributed by atoms with Gasteiger partial charge in [-0.15, -0.1) is 17.9 Å². The monoisotopic (exact) mass is 1090 g/mol. The molecular weight excluding hydrogens is 1020 g/mol. The molecule has 0 amide bonds. The van der Waals surface area contributed by atoms with Gasteiger partial charge in [-0.3, -0.25) is 4.90 Å². The molecule has 4 fully saturated rings. The van der Waals surface area contributed by atoms with E-state index < -0.39 is 22.8 Å². The zero-order valence-electron chi connectivity index (χ0n) is 35.8. The zero-order valence-corrected chi connectivity index (χ0v) is 45.1. The molecule has 4 saturated carbocycles. The minimum Gasteiger partial charge on any atom is -0.318 e. The Morgan fingerprint density at radius 2 is 1.05 bits per heavy atom. The summed E-state index contributed by atoms with van der Waals surface area (Å²) in [6.07, 6.45) is 25.6. The van der Waals surface area contributed by atoms with E-state index >= 15 is 0 Å². The van der Waals surface area contributed by atoms with Gasteiger partial charge in [-0.2, -0.15) is 0 Å². The Morgan fingerprint density at radius 3 is 1.35 bits per heavy atom. The summed E-state index contributed by atoms with van der Waals surface area (Å²) in [4.78, 5) is 2.46. The number of hydrogen-bond donors (Lipinski definition) is 0. The molecule has 0 heterocycles. The lowest BCUT2D eigenvalue weighted by molar-refractivity contribution is 0.185. The highest BCUT2D eigenvalue weighted by Gasteiger charge is 2.43. The Morgan fingerprint density at radius 1 is 0.709 bits per heavy atom. The molecule has 2 aromatic carbocycles. The summed E-state index contributed by atoms with van der Waals surface area (Å²) in [5.41, 5.74) is 2.07. The van der Waals surface area contributed by atoms with Crippen molar-refractivity contribution in [3.8, 4) is 0 Å². The van der Waals surface area contributed by atoms with E-state index in [-0.39, 0.29) is 0 Å². The van der Waals surface area contributed by atoms with Crippen molar-refractivity contribution in [1.82, 2.24) is 4.90 Å². The van der Waals surface area contributed by atoms with Crippen LogP contribution in [0.5, 0.6) is 0 Å². The second-order valence-corrected chi connectivity index (χ2v) is 28.6. The van der Waals surface area contributed by atoms with Gasteiger partial charge >= 0.3 is 7.80 Å². The molecule has 55 heavy (non-hydrogen) atoms. The van der Waals surface area contributed by atoms with Crippen LogP contribution >= 0.6 is 95.2 Å². The fourth-order valence-corrected chi connectivity index (χ4v) is 17.6. The molecule has 11 heteroatoms. The maximum atomic E-state index is 14.3. The normalized spacial score (nSPS) is 19.2. The maximum absolute atomic E-state index is 14.3. The van der Waals surface area contributed by atoms with Gasteiger partial charge in [-0.1, -0.05) is 117 Å². The SMILES string of the molecule is Brc1ccccc1I.CCN(C(C)C)C(C)C.O=P(c1ccccc1Br)(C1CCCCC1)C1CCCCC1.O=[P+](C1CCCCC1)C1CCCCC1.[2H]P(P)P. The van der Waals surface area contributed by atoms with Gasteiger partial charge in [0.15, 0.2) is 11.3 Å². The fourth-order valence-electron chi connectivity index (χ4n) is 9.09. The fraction of sp³-hybridized carbons (Fsp3) is 0.727. The standard InChI is InChI=1S/C18H26BrOP.C12H22OP.C8H19N.C6H4BrI.H5P3/c19-17-13-7-8-14-18(17)21(20,15-9-3-1-4-10-15)16-11-5-2-6-12-16;13-14(11-7-3-1-4-8-11)12-9-5-2-6-10-12;1-6-9(7(2)3)8(4)5;7-5-3-1-2-4-6(5)8;1-3-2/h7-8,13-16H,1-6,9-12H2;11-12H,1-10H2;7-8H,6H2,1-5H3;1-4H;3H,1-2H2/q;+1;;;/i;;;;3D. The second-order valence-electron chi connectivity index (χ2n) is 16.3. The number of halogens is 3. The maximum Gasteiger partial charge on any atom is 0.344 e. The molecule has 0 N–H and O–H groups in total. The van der Waals surface area contributed by atoms with Crippen molar-refractivity contribution in [2.24, 2.45) is 0 Å². The average Bonchev–Trinajstić information content (AvgIpc) is 3.20. The van der Waals surface area contributed by atoms with E-state index in [2.05, 4.69) is 136 Å². The number of benzene rings is 2. The Kier molecular flexibility index (Phi) is 28.5. The molecule has 0 aliphatic heterocycles. The van der Waals surface area contributed by atoms with Gasteiger partial charge in [-0.05, 0) is 168 Å². The Hall–Kier alpha value is 1.71. The third-order valence-electron chi connectivity index (χ3n) is 11.8. The Balaban J connectivity index is 0.000000268. The lowest BCUT2D eigenvalue weighted by atomic mass is 9.99. The van der Waals surface area contributed by atoms with Crippen LogP contribution in [-0.2, 0) is 9.13 Å². The number of rotatable bonds is 8. The molecule has 4 aliphatic carbocycles. The smallest absolute Gasteiger partial charge is 0.318 e. The molecule has 6 rings (SSSR count). The highest BCUT2D eigenvalue weighted by molar-refractivity contribution is 14.1. The van der Waals surface area contributed by atoms with E-state index in [4.69, 9.17) is 1.28 Å². The summed E-state index contributed by atoms with van der Waals surface area (Å²) in [5, 5.41) is 1.14. The van der Waals surface area contributed by atoms with E-state index in [1.807, 2.05) is 24.3 Å². The number of hydrogen-bond acceptors (Lipinski definition) is 3. The van der Waals surface area contributed by atoms with E-state index in [1.54, 1.807) is 0 Å². The first-order chi connectivity index (χ1) is 26.7. The molecule has 0 spiro atoms. The summed E-state index contributed by atoms with van der Waals surface area (Å²) < 4.78 is 36.7. The van der Waals surface area contributed by atoms with Crippen molar-refractivity contribution in [3.05, 3.63) is 61.0 Å². The first-order valence-corrected chi connectivity index (χ1v) is 31.5. The van der Waals surface area contributed by atoms with Gasteiger partial charge in [0.1, 0.15) is 7.14 Å². The van der Waals surface area contributed by atoms with Gasteiger partial charge in [0.2, 0.25) is 0 Å². The first kappa shape index (κ1) is 51.1. The van der Waals surface area contributed by atoms with Gasteiger partial charge in [0.25, 0.3) is 0 Å². The van der Waals surface area contributed by atoms with Crippen molar-refractivity contribution < 1.29 is 9.13 Å². The van der Waals surface area contributed by atoms with Crippen molar-refractivity contribution in [3.63, 3.8) is 0 Å². The Bertz CT molecular complexity index is 1330. The van der Waals surface area contributed by atoms with Gasteiger partial charge in [-0.25, -0.2) is 0 Å². The van der Waals surface area contributed by atoms with E-state index in [0.717, 1.165) is 16.3 Å². The van der Waals surface area contributed by atoms with Crippen LogP contribution in [0.25, 0.3) is 0 Å². The van der Waals surface area contributed by atoms with Crippen molar-refractivity contribution in [2.45, 2.75) is 198 Å². The summed E-state index contributed by atoms with van der Waals surface area (Å²) in [7, 11) is 0.993. The van der Waals surface area contributed by atoms with Crippen LogP contribution < -0.4 is 5.30 Å². The van der Waals surface area contributed by atoms with Crippen molar-refractivity contribution in [2.75, 3.05) is 6.54 Å². The number of nitrogens with zero attached hydrogens (tertiary/aromatic N) is 1. The molecule has 314 valence electrons. The predicted octanol–water partition coefficient (Wildman–Crippen LogP) is 17.0. The lowest BCUT2D eigenvalue weighted by Gasteiger charge is -2.38. The highest BCUT2D eigenvalue weighted by Crippen LogP contribution is 2.62. The third kappa shape index (κ3) is 19.1. The molecule has 0 bridgehead atoms. The molecule has 4 aliphatic rings. The van der Waals surface area contributed by atoms with Crippen LogP contribution in [0.2, 0.25) is 0 Å². The van der Waals surface area contributed by atoms with Gasteiger partial charge < -0.3 is 4.57 Å². The van der Waals surface area contributed by atoms with Crippen LogP contribution in [0.15, 0.2) is 57.5 Å². The van der Waals surface area contributed by atoms with Crippen LogP contribution in [0.3, 0.4) is 0 Å². The molecule has 0 saturated heterocycles. The molecule has 0 radical (unpaired) electrons. The molecule has 0 aromatic heterocycles. The highest BCUT2D eigenvalue weighted by atomic mass is 127. The van der Waals surface area contributed by atoms with E-state index in [0.29, 0.717) is 34.7 Å². The minimum atomic E-state index is -2.31. The summed E-state index contributed by atoms with van der Waals surface area (Å²) in [6.45, 7) is 12.3. The van der Waals surface area contributed by atoms with Crippen molar-refractivity contribution in [1.29, 1.82) is 1.28 Å².